The standard InChI is InChI=1S/C5H9NO3S.Bi/c1-3(7)6-4(2-10)5(8)9;/h4,10H,2H2,1H3,(H,6,7)(H,8,9);/t4-;/m0./s1. The van der Waals surface area contributed by atoms with Gasteiger partial charge in [-0.3, -0.25) is 4.79 Å². The molecule has 1 amide bonds. The zero-order valence-electron chi connectivity index (χ0n) is 5.94. The number of thiol groups is 1. The van der Waals surface area contributed by atoms with E-state index in [9.17, 15) is 9.59 Å². The van der Waals surface area contributed by atoms with Crippen molar-refractivity contribution in [2.45, 2.75) is 13.0 Å². The topological polar surface area (TPSA) is 66.4 Å². The normalized spacial score (nSPS) is 11.1. The Bertz CT molecular complexity index is 153. The average Bonchev–Trinajstić information content (AvgIpc) is 1.81. The maximum absolute atomic E-state index is 10.3. The van der Waals surface area contributed by atoms with Crippen LogP contribution in [0.5, 0.6) is 0 Å². The van der Waals surface area contributed by atoms with Crippen molar-refractivity contribution in [3.63, 3.8) is 0 Å². The number of aliphatic carboxylic acids is 1. The Kier molecular flexibility index (Phi) is 8.57. The third-order valence-corrected chi connectivity index (χ3v) is 1.22. The first-order chi connectivity index (χ1) is 4.57. The van der Waals surface area contributed by atoms with Crippen molar-refractivity contribution in [3.8, 4) is 0 Å². The molecule has 63 valence electrons. The van der Waals surface area contributed by atoms with Gasteiger partial charge in [-0.2, -0.15) is 12.6 Å². The Balaban J connectivity index is 0. The van der Waals surface area contributed by atoms with E-state index in [1.54, 1.807) is 0 Å². The summed E-state index contributed by atoms with van der Waals surface area (Å²) in [7, 11) is 0. The average molecular weight is 372 g/mol. The molecule has 0 aliphatic rings. The smallest absolute Gasteiger partial charge is 0.327 e. The second-order valence-corrected chi connectivity index (χ2v) is 2.14. The molecule has 0 aromatic rings. The Labute approximate surface area is 89.3 Å². The molecule has 0 saturated heterocycles. The molecular formula is C5H9BiNO3S. The van der Waals surface area contributed by atoms with Gasteiger partial charge in [0, 0.05) is 38.9 Å². The fourth-order valence-corrected chi connectivity index (χ4v) is 0.678. The first kappa shape index (κ1) is 13.7. The first-order valence-corrected chi connectivity index (χ1v) is 3.32. The number of carboxylic acids is 1. The summed E-state index contributed by atoms with van der Waals surface area (Å²) in [5.41, 5.74) is 0. The molecule has 0 heterocycles. The molecule has 0 aliphatic carbocycles. The molecule has 2 N–H and O–H groups in total. The van der Waals surface area contributed by atoms with Crippen molar-refractivity contribution in [3.05, 3.63) is 0 Å². The van der Waals surface area contributed by atoms with Crippen LogP contribution in [0.2, 0.25) is 0 Å². The van der Waals surface area contributed by atoms with Crippen molar-refractivity contribution >= 4 is 50.7 Å². The molecule has 0 rings (SSSR count). The maximum atomic E-state index is 10.3. The van der Waals surface area contributed by atoms with Gasteiger partial charge in [0.05, 0.1) is 0 Å². The Morgan fingerprint density at radius 1 is 1.64 bits per heavy atom. The van der Waals surface area contributed by atoms with E-state index < -0.39 is 12.0 Å². The number of amides is 1. The van der Waals surface area contributed by atoms with Gasteiger partial charge in [0.1, 0.15) is 6.04 Å². The van der Waals surface area contributed by atoms with Crippen LogP contribution >= 0.6 is 12.6 Å². The third-order valence-electron chi connectivity index (χ3n) is 0.858. The molecule has 11 heavy (non-hydrogen) atoms. The van der Waals surface area contributed by atoms with Gasteiger partial charge in [-0.25, -0.2) is 4.79 Å². The molecule has 6 heteroatoms. The molecular weight excluding hydrogens is 363 g/mol. The van der Waals surface area contributed by atoms with Gasteiger partial charge in [0.2, 0.25) is 5.91 Å². The summed E-state index contributed by atoms with van der Waals surface area (Å²) < 4.78 is 0. The van der Waals surface area contributed by atoms with Crippen molar-refractivity contribution in [1.29, 1.82) is 0 Å². The van der Waals surface area contributed by atoms with Gasteiger partial charge in [0.15, 0.2) is 0 Å². The molecule has 0 saturated carbocycles. The Morgan fingerprint density at radius 3 is 2.18 bits per heavy atom. The number of carboxylic acid groups (broad SMARTS) is 1. The first-order valence-electron chi connectivity index (χ1n) is 2.68. The van der Waals surface area contributed by atoms with Crippen molar-refractivity contribution in [1.82, 2.24) is 5.32 Å². The quantitative estimate of drug-likeness (QED) is 0.446. The van der Waals surface area contributed by atoms with Crippen LogP contribution in [0.3, 0.4) is 0 Å². The van der Waals surface area contributed by atoms with Gasteiger partial charge in [0.25, 0.3) is 0 Å². The van der Waals surface area contributed by atoms with E-state index in [1.807, 2.05) is 0 Å². The summed E-state index contributed by atoms with van der Waals surface area (Å²) in [4.78, 5) is 20.5. The molecule has 1 atom stereocenters. The molecule has 0 aromatic carbocycles. The fourth-order valence-electron chi connectivity index (χ4n) is 0.431. The largest absolute Gasteiger partial charge is 0.480 e. The van der Waals surface area contributed by atoms with E-state index in [1.165, 1.54) is 6.92 Å². The zero-order chi connectivity index (χ0) is 8.15. The van der Waals surface area contributed by atoms with E-state index >= 15 is 0 Å². The summed E-state index contributed by atoms with van der Waals surface area (Å²) in [5, 5.41) is 10.6. The predicted molar refractivity (Wildman–Crippen MR) is 44.8 cm³/mol. The summed E-state index contributed by atoms with van der Waals surface area (Å²) in [5.74, 6) is -1.32. The van der Waals surface area contributed by atoms with Gasteiger partial charge in [-0.15, -0.1) is 0 Å². The molecule has 0 unspecified atom stereocenters. The maximum Gasteiger partial charge on any atom is 0.327 e. The molecule has 3 radical (unpaired) electrons. The minimum atomic E-state index is -1.06. The number of rotatable bonds is 3. The van der Waals surface area contributed by atoms with Crippen LogP contribution in [0.4, 0.5) is 0 Å². The Hall–Kier alpha value is 0.173. The monoisotopic (exact) mass is 372 g/mol. The SMILES string of the molecule is CC(=O)N[C@@H](CS)C(=O)O.[Bi]. The summed E-state index contributed by atoms with van der Waals surface area (Å²) in [6.45, 7) is 1.26. The number of hydrogen-bond acceptors (Lipinski definition) is 3. The third kappa shape index (κ3) is 6.57. The molecule has 0 bridgehead atoms. The van der Waals surface area contributed by atoms with Gasteiger partial charge in [-0.05, 0) is 0 Å². The van der Waals surface area contributed by atoms with E-state index in [2.05, 4.69) is 17.9 Å². The van der Waals surface area contributed by atoms with Crippen LogP contribution < -0.4 is 5.32 Å². The summed E-state index contributed by atoms with van der Waals surface area (Å²) in [6.07, 6.45) is 0. The van der Waals surface area contributed by atoms with Crippen LogP contribution in [0.15, 0.2) is 0 Å². The minimum Gasteiger partial charge on any atom is -0.480 e. The summed E-state index contributed by atoms with van der Waals surface area (Å²) in [6, 6.07) is -0.874. The minimum absolute atomic E-state index is 0. The van der Waals surface area contributed by atoms with Crippen LogP contribution in [0.25, 0.3) is 0 Å². The molecule has 0 aromatic heterocycles. The van der Waals surface area contributed by atoms with E-state index in [0.29, 0.717) is 0 Å². The van der Waals surface area contributed by atoms with Gasteiger partial charge < -0.3 is 10.4 Å². The Morgan fingerprint density at radius 2 is 2.09 bits per heavy atom. The molecule has 4 nitrogen and oxygen atoms in total. The second-order valence-electron chi connectivity index (χ2n) is 1.77. The number of carbonyl (C=O) groups is 2. The molecule has 0 fully saturated rings. The van der Waals surface area contributed by atoms with Crippen molar-refractivity contribution in [2.75, 3.05) is 5.75 Å². The van der Waals surface area contributed by atoms with Crippen LogP contribution in [-0.2, 0) is 9.59 Å². The summed E-state index contributed by atoms with van der Waals surface area (Å²) >= 11 is 3.73. The number of carbonyl (C=O) groups excluding carboxylic acids is 1. The predicted octanol–water partition coefficient (Wildman–Crippen LogP) is -0.875. The second kappa shape index (κ2) is 6.86. The molecule has 0 aliphatic heterocycles. The van der Waals surface area contributed by atoms with Crippen LogP contribution in [0, 0.1) is 0 Å². The van der Waals surface area contributed by atoms with E-state index in [0.717, 1.165) is 0 Å². The zero-order valence-corrected chi connectivity index (χ0v) is 10.3. The van der Waals surface area contributed by atoms with E-state index in [4.69, 9.17) is 5.11 Å². The van der Waals surface area contributed by atoms with Crippen LogP contribution in [-0.4, -0.2) is 55.0 Å². The number of hydrogen-bond donors (Lipinski definition) is 3. The fraction of sp³-hybridized carbons (Fsp3) is 0.600. The van der Waals surface area contributed by atoms with Crippen molar-refractivity contribution in [2.24, 2.45) is 0 Å². The van der Waals surface area contributed by atoms with Crippen molar-refractivity contribution < 1.29 is 14.7 Å². The van der Waals surface area contributed by atoms with Gasteiger partial charge in [-0.1, -0.05) is 0 Å². The van der Waals surface area contributed by atoms with Crippen LogP contribution in [0.1, 0.15) is 6.92 Å². The molecule has 0 spiro atoms. The van der Waals surface area contributed by atoms with E-state index in [-0.39, 0.29) is 37.9 Å². The van der Waals surface area contributed by atoms with Gasteiger partial charge >= 0.3 is 5.97 Å². The number of nitrogens with one attached hydrogen (secondary N) is 1.